The minimum atomic E-state index is -1.02. The first-order chi connectivity index (χ1) is 18.4. The average Bonchev–Trinajstić information content (AvgIpc) is 3.13. The van der Waals surface area contributed by atoms with Gasteiger partial charge in [-0.15, -0.1) is 0 Å². The molecule has 1 fully saturated rings. The second kappa shape index (κ2) is 9.66. The Kier molecular flexibility index (Phi) is 6.17. The SMILES string of the molecule is O=C(O)N1CCC(n2c(=O)[nH]c3ncccc32)CC1[C@@H]1CC[C@@H](c2cc(F)ccc2F)Cc2cccnc21. The highest BCUT2D eigenvalue weighted by Gasteiger charge is 2.41. The topological polar surface area (TPSA) is 104 Å². The summed E-state index contributed by atoms with van der Waals surface area (Å²) in [6.07, 6.45) is 4.79. The van der Waals surface area contributed by atoms with Crippen LogP contribution in [0.1, 0.15) is 60.4 Å². The maximum absolute atomic E-state index is 14.7. The maximum atomic E-state index is 14.7. The molecular formula is C28H27F2N5O3. The van der Waals surface area contributed by atoms with E-state index in [2.05, 4.69) is 15.0 Å². The highest BCUT2D eigenvalue weighted by molar-refractivity contribution is 5.70. The fourth-order valence-corrected chi connectivity index (χ4v) is 6.46. The van der Waals surface area contributed by atoms with Crippen LogP contribution >= 0.6 is 0 Å². The standard InChI is InChI=1S/C28H27F2N5O3/c29-18-6-8-22(30)21(14-18)16-5-7-20(25-17(13-16)3-1-10-31-25)24-15-19(9-12-34(24)28(37)38)35-23-4-2-11-32-26(23)33-27(35)36/h1-4,6,8,10-11,14,16,19-20,24H,5,7,9,12-13,15H2,(H,37,38)(H,32,33,36)/t16-,19?,20+,24?/m1/s1. The van der Waals surface area contributed by atoms with Gasteiger partial charge >= 0.3 is 11.8 Å². The fourth-order valence-electron chi connectivity index (χ4n) is 6.46. The molecule has 4 atom stereocenters. The van der Waals surface area contributed by atoms with Gasteiger partial charge in [-0.05, 0) is 85.5 Å². The number of H-pyrrole nitrogens is 1. The molecule has 0 spiro atoms. The number of fused-ring (bicyclic) bond motifs is 2. The summed E-state index contributed by atoms with van der Waals surface area (Å²) in [6, 6.07) is 10.2. The third kappa shape index (κ3) is 4.23. The number of pyridine rings is 2. The van der Waals surface area contributed by atoms with Crippen LogP contribution in [0.3, 0.4) is 0 Å². The molecule has 2 N–H and O–H groups in total. The zero-order valence-electron chi connectivity index (χ0n) is 20.6. The number of nitrogens with one attached hydrogen (secondary N) is 1. The van der Waals surface area contributed by atoms with E-state index in [1.807, 2.05) is 18.2 Å². The van der Waals surface area contributed by atoms with Crippen LogP contribution in [0.15, 0.2) is 59.7 Å². The summed E-state index contributed by atoms with van der Waals surface area (Å²) < 4.78 is 30.5. The first-order valence-corrected chi connectivity index (χ1v) is 12.8. The zero-order valence-corrected chi connectivity index (χ0v) is 20.6. The molecular weight excluding hydrogens is 492 g/mol. The smallest absolute Gasteiger partial charge is 0.407 e. The summed E-state index contributed by atoms with van der Waals surface area (Å²) in [5.41, 5.74) is 2.94. The van der Waals surface area contributed by atoms with Gasteiger partial charge in [-0.2, -0.15) is 0 Å². The minimum Gasteiger partial charge on any atom is -0.465 e. The van der Waals surface area contributed by atoms with E-state index in [4.69, 9.17) is 0 Å². The Balaban J connectivity index is 1.38. The zero-order chi connectivity index (χ0) is 26.4. The van der Waals surface area contributed by atoms with Crippen molar-refractivity contribution >= 4 is 17.3 Å². The summed E-state index contributed by atoms with van der Waals surface area (Å²) in [7, 11) is 0. The number of carboxylic acid groups (broad SMARTS) is 1. The fraction of sp³-hybridized carbons (Fsp3) is 0.357. The Hall–Kier alpha value is -4.08. The summed E-state index contributed by atoms with van der Waals surface area (Å²) in [5, 5.41) is 10.1. The van der Waals surface area contributed by atoms with Crippen molar-refractivity contribution in [1.82, 2.24) is 24.4 Å². The molecule has 3 aromatic heterocycles. The van der Waals surface area contributed by atoms with Crippen molar-refractivity contribution in [2.45, 2.75) is 56.0 Å². The molecule has 0 bridgehead atoms. The summed E-state index contributed by atoms with van der Waals surface area (Å²) in [6.45, 7) is 0.269. The number of hydrogen-bond acceptors (Lipinski definition) is 4. The lowest BCUT2D eigenvalue weighted by Gasteiger charge is -2.42. The molecule has 0 radical (unpaired) electrons. The van der Waals surface area contributed by atoms with E-state index in [1.165, 1.54) is 11.0 Å². The summed E-state index contributed by atoms with van der Waals surface area (Å²) in [5.74, 6) is -1.46. The van der Waals surface area contributed by atoms with Crippen molar-refractivity contribution in [2.75, 3.05) is 6.54 Å². The van der Waals surface area contributed by atoms with Crippen LogP contribution in [0.25, 0.3) is 11.2 Å². The van der Waals surface area contributed by atoms with Gasteiger partial charge in [0.15, 0.2) is 5.65 Å². The largest absolute Gasteiger partial charge is 0.465 e. The number of benzene rings is 1. The number of halogens is 2. The van der Waals surface area contributed by atoms with Gasteiger partial charge in [0.2, 0.25) is 0 Å². The van der Waals surface area contributed by atoms with E-state index in [1.54, 1.807) is 23.0 Å². The van der Waals surface area contributed by atoms with Gasteiger partial charge < -0.3 is 10.0 Å². The molecule has 10 heteroatoms. The van der Waals surface area contributed by atoms with Gasteiger partial charge in [-0.3, -0.25) is 14.5 Å². The van der Waals surface area contributed by atoms with Crippen molar-refractivity contribution in [3.05, 3.63) is 93.8 Å². The van der Waals surface area contributed by atoms with Crippen LogP contribution in [0.4, 0.5) is 13.6 Å². The maximum Gasteiger partial charge on any atom is 0.407 e. The number of aromatic nitrogens is 4. The number of carbonyl (C=O) groups is 1. The van der Waals surface area contributed by atoms with Crippen molar-refractivity contribution < 1.29 is 18.7 Å². The van der Waals surface area contributed by atoms with E-state index >= 15 is 0 Å². The Bertz CT molecular complexity index is 1570. The van der Waals surface area contributed by atoms with E-state index in [-0.39, 0.29) is 30.1 Å². The predicted molar refractivity (Wildman–Crippen MR) is 136 cm³/mol. The van der Waals surface area contributed by atoms with E-state index in [0.717, 1.165) is 23.4 Å². The molecule has 4 heterocycles. The van der Waals surface area contributed by atoms with Crippen molar-refractivity contribution in [1.29, 1.82) is 0 Å². The third-order valence-corrected chi connectivity index (χ3v) is 8.15. The molecule has 6 rings (SSSR count). The number of nitrogens with zero attached hydrogens (tertiary/aromatic N) is 4. The molecule has 2 unspecified atom stereocenters. The number of rotatable bonds is 3. The van der Waals surface area contributed by atoms with Crippen LogP contribution in [0, 0.1) is 11.6 Å². The van der Waals surface area contributed by atoms with Gasteiger partial charge in [0.05, 0.1) is 5.52 Å². The molecule has 0 saturated carbocycles. The quantitative estimate of drug-likeness (QED) is 0.372. The number of likely N-dealkylation sites (tertiary alicyclic amines) is 1. The summed E-state index contributed by atoms with van der Waals surface area (Å²) >= 11 is 0. The van der Waals surface area contributed by atoms with Crippen LogP contribution in [0.5, 0.6) is 0 Å². The molecule has 38 heavy (non-hydrogen) atoms. The molecule has 4 aromatic rings. The molecule has 1 saturated heterocycles. The number of imidazole rings is 1. The molecule has 2 aliphatic rings. The van der Waals surface area contributed by atoms with Gasteiger partial charge in [0.1, 0.15) is 11.6 Å². The van der Waals surface area contributed by atoms with Crippen LogP contribution in [0.2, 0.25) is 0 Å². The Morgan fingerprint density at radius 3 is 2.71 bits per heavy atom. The number of hydrogen-bond donors (Lipinski definition) is 2. The summed E-state index contributed by atoms with van der Waals surface area (Å²) in [4.78, 5) is 38.5. The van der Waals surface area contributed by atoms with Crippen molar-refractivity contribution in [3.63, 3.8) is 0 Å². The van der Waals surface area contributed by atoms with Gasteiger partial charge in [0, 0.05) is 42.6 Å². The van der Waals surface area contributed by atoms with E-state index in [9.17, 15) is 23.5 Å². The van der Waals surface area contributed by atoms with Crippen LogP contribution < -0.4 is 5.69 Å². The lowest BCUT2D eigenvalue weighted by molar-refractivity contribution is 0.0779. The second-order valence-electron chi connectivity index (χ2n) is 10.2. The van der Waals surface area contributed by atoms with Gasteiger partial charge in [-0.1, -0.05) is 6.07 Å². The molecule has 1 aliphatic heterocycles. The van der Waals surface area contributed by atoms with Crippen LogP contribution in [-0.4, -0.2) is 48.2 Å². The van der Waals surface area contributed by atoms with Gasteiger partial charge in [-0.25, -0.2) is 23.4 Å². The molecule has 1 aliphatic carbocycles. The lowest BCUT2D eigenvalue weighted by Crippen LogP contribution is -2.49. The monoisotopic (exact) mass is 519 g/mol. The van der Waals surface area contributed by atoms with Crippen molar-refractivity contribution in [2.24, 2.45) is 0 Å². The predicted octanol–water partition coefficient (Wildman–Crippen LogP) is 4.99. The highest BCUT2D eigenvalue weighted by atomic mass is 19.1. The minimum absolute atomic E-state index is 0.229. The Morgan fingerprint density at radius 2 is 1.87 bits per heavy atom. The number of amides is 1. The first kappa shape index (κ1) is 24.3. The molecule has 8 nitrogen and oxygen atoms in total. The lowest BCUT2D eigenvalue weighted by atomic mass is 9.82. The molecule has 1 aromatic carbocycles. The van der Waals surface area contributed by atoms with Gasteiger partial charge in [0.25, 0.3) is 0 Å². The first-order valence-electron chi connectivity index (χ1n) is 12.8. The highest BCUT2D eigenvalue weighted by Crippen LogP contribution is 2.43. The van der Waals surface area contributed by atoms with E-state index in [0.29, 0.717) is 48.8 Å². The molecule has 196 valence electrons. The van der Waals surface area contributed by atoms with Crippen molar-refractivity contribution in [3.8, 4) is 0 Å². The third-order valence-electron chi connectivity index (χ3n) is 8.15. The Labute approximate surface area is 217 Å². The second-order valence-corrected chi connectivity index (χ2v) is 10.2. The van der Waals surface area contributed by atoms with E-state index < -0.39 is 23.8 Å². The Morgan fingerprint density at radius 1 is 1.05 bits per heavy atom. The van der Waals surface area contributed by atoms with Crippen LogP contribution in [-0.2, 0) is 6.42 Å². The number of piperidine rings is 1. The normalized spacial score (nSPS) is 23.7. The molecule has 1 amide bonds. The average molecular weight is 520 g/mol. The number of aromatic amines is 1.